The number of hydrogen-bond acceptors (Lipinski definition) is 2. The lowest BCUT2D eigenvalue weighted by Gasteiger charge is -2.34. The van der Waals surface area contributed by atoms with E-state index in [1.807, 2.05) is 20.8 Å². The first-order chi connectivity index (χ1) is 8.96. The zero-order valence-electron chi connectivity index (χ0n) is 12.4. The molecular formula is C17H26O2. The zero-order chi connectivity index (χ0) is 13.6. The SMILES string of the molecule is CC(C)(C)OC(=O)C/C=C\C1[C@H]2C3CCC(CC3)[C@@H]12. The largest absolute Gasteiger partial charge is 0.460 e. The smallest absolute Gasteiger partial charge is 0.310 e. The molecule has 1 unspecified atom stereocenters. The van der Waals surface area contributed by atoms with Gasteiger partial charge in [-0.15, -0.1) is 0 Å². The van der Waals surface area contributed by atoms with Crippen LogP contribution in [0.15, 0.2) is 12.2 Å². The van der Waals surface area contributed by atoms with Crippen molar-refractivity contribution in [2.45, 2.75) is 58.5 Å². The van der Waals surface area contributed by atoms with Gasteiger partial charge < -0.3 is 4.74 Å². The van der Waals surface area contributed by atoms with Crippen molar-refractivity contribution in [3.05, 3.63) is 12.2 Å². The van der Waals surface area contributed by atoms with Gasteiger partial charge in [0.1, 0.15) is 5.60 Å². The monoisotopic (exact) mass is 262 g/mol. The molecule has 0 aromatic heterocycles. The van der Waals surface area contributed by atoms with Crippen LogP contribution < -0.4 is 0 Å². The molecule has 4 saturated carbocycles. The second-order valence-corrected chi connectivity index (χ2v) is 7.63. The van der Waals surface area contributed by atoms with Gasteiger partial charge in [0.05, 0.1) is 6.42 Å². The zero-order valence-corrected chi connectivity index (χ0v) is 12.4. The highest BCUT2D eigenvalue weighted by Crippen LogP contribution is 2.66. The van der Waals surface area contributed by atoms with E-state index in [1.165, 1.54) is 25.7 Å². The van der Waals surface area contributed by atoms with Gasteiger partial charge in [0, 0.05) is 0 Å². The normalized spacial score (nSPS) is 40.3. The van der Waals surface area contributed by atoms with E-state index in [0.29, 0.717) is 6.42 Å². The third kappa shape index (κ3) is 2.73. The first kappa shape index (κ1) is 13.2. The summed E-state index contributed by atoms with van der Waals surface area (Å²) in [5, 5.41) is 0. The molecule has 4 aliphatic carbocycles. The maximum Gasteiger partial charge on any atom is 0.310 e. The molecule has 2 bridgehead atoms. The Kier molecular flexibility index (Phi) is 3.23. The highest BCUT2D eigenvalue weighted by molar-refractivity contribution is 5.71. The molecule has 0 aliphatic heterocycles. The van der Waals surface area contributed by atoms with Crippen molar-refractivity contribution >= 4 is 5.97 Å². The van der Waals surface area contributed by atoms with Gasteiger partial charge in [0.25, 0.3) is 0 Å². The van der Waals surface area contributed by atoms with Gasteiger partial charge in [0.2, 0.25) is 0 Å². The number of carbonyl (C=O) groups is 1. The van der Waals surface area contributed by atoms with Crippen molar-refractivity contribution in [1.82, 2.24) is 0 Å². The van der Waals surface area contributed by atoms with Gasteiger partial charge in [-0.25, -0.2) is 0 Å². The molecule has 2 nitrogen and oxygen atoms in total. The molecule has 0 aromatic carbocycles. The summed E-state index contributed by atoms with van der Waals surface area (Å²) in [5.74, 6) is 4.58. The second kappa shape index (κ2) is 4.64. The van der Waals surface area contributed by atoms with E-state index >= 15 is 0 Å². The maximum atomic E-state index is 11.6. The number of hydrogen-bond donors (Lipinski definition) is 0. The van der Waals surface area contributed by atoms with Gasteiger partial charge >= 0.3 is 5.97 Å². The van der Waals surface area contributed by atoms with Crippen LogP contribution in [0, 0.1) is 29.6 Å². The Labute approximate surface area is 116 Å². The van der Waals surface area contributed by atoms with Crippen LogP contribution in [0.4, 0.5) is 0 Å². The fourth-order valence-electron chi connectivity index (χ4n) is 4.52. The van der Waals surface area contributed by atoms with Crippen molar-refractivity contribution in [2.75, 3.05) is 0 Å². The molecule has 0 amide bonds. The third-order valence-corrected chi connectivity index (χ3v) is 5.16. The molecule has 19 heavy (non-hydrogen) atoms. The van der Waals surface area contributed by atoms with Crippen LogP contribution in [0.3, 0.4) is 0 Å². The summed E-state index contributed by atoms with van der Waals surface area (Å²) in [5.41, 5.74) is -0.363. The van der Waals surface area contributed by atoms with E-state index in [4.69, 9.17) is 4.74 Å². The van der Waals surface area contributed by atoms with E-state index in [9.17, 15) is 4.79 Å². The predicted molar refractivity (Wildman–Crippen MR) is 75.5 cm³/mol. The number of ether oxygens (including phenoxy) is 1. The van der Waals surface area contributed by atoms with Gasteiger partial charge in [-0.05, 0) is 76.0 Å². The quantitative estimate of drug-likeness (QED) is 0.568. The molecule has 0 heterocycles. The summed E-state index contributed by atoms with van der Waals surface area (Å²) in [6.07, 6.45) is 10.6. The van der Waals surface area contributed by atoms with Crippen LogP contribution in [0.1, 0.15) is 52.9 Å². The third-order valence-electron chi connectivity index (χ3n) is 5.16. The van der Waals surface area contributed by atoms with E-state index < -0.39 is 0 Å². The average Bonchev–Trinajstić information content (AvgIpc) is 3.05. The Morgan fingerprint density at radius 1 is 1.11 bits per heavy atom. The van der Waals surface area contributed by atoms with Crippen LogP contribution in [0.2, 0.25) is 0 Å². The van der Waals surface area contributed by atoms with E-state index in [0.717, 1.165) is 29.6 Å². The lowest BCUT2D eigenvalue weighted by atomic mass is 9.71. The molecule has 0 N–H and O–H groups in total. The molecule has 4 rings (SSSR count). The molecule has 106 valence electrons. The van der Waals surface area contributed by atoms with Gasteiger partial charge in [-0.2, -0.15) is 0 Å². The Morgan fingerprint density at radius 2 is 1.63 bits per heavy atom. The molecular weight excluding hydrogens is 236 g/mol. The van der Waals surface area contributed by atoms with Crippen molar-refractivity contribution in [1.29, 1.82) is 0 Å². The van der Waals surface area contributed by atoms with E-state index in [2.05, 4.69) is 12.2 Å². The first-order valence-electron chi connectivity index (χ1n) is 7.84. The lowest BCUT2D eigenvalue weighted by molar-refractivity contribution is -0.153. The minimum atomic E-state index is -0.363. The summed E-state index contributed by atoms with van der Waals surface area (Å²) in [6.45, 7) is 5.76. The number of fused-ring (bicyclic) bond motifs is 2. The number of allylic oxidation sites excluding steroid dienone is 1. The molecule has 3 atom stereocenters. The second-order valence-electron chi connectivity index (χ2n) is 7.63. The predicted octanol–water partition coefficient (Wildman–Crippen LogP) is 3.96. The standard InChI is InChI=1S/C17H26O2/c1-17(2,3)19-14(18)6-4-5-13-15-11-7-8-12(10-9-11)16(13)15/h4-5,11-13,15-16H,6-10H2,1-3H3/b5-4-/t11?,12?,13?,15-,16+. The van der Waals surface area contributed by atoms with Crippen LogP contribution >= 0.6 is 0 Å². The Hall–Kier alpha value is -0.790. The molecule has 4 fully saturated rings. The molecule has 0 spiro atoms. The lowest BCUT2D eigenvalue weighted by Crippen LogP contribution is -2.24. The van der Waals surface area contributed by atoms with Crippen LogP contribution in [0.25, 0.3) is 0 Å². The van der Waals surface area contributed by atoms with Crippen LogP contribution in [-0.2, 0) is 9.53 Å². The van der Waals surface area contributed by atoms with Crippen molar-refractivity contribution in [3.63, 3.8) is 0 Å². The fraction of sp³-hybridized carbons (Fsp3) is 0.824. The number of carbonyl (C=O) groups excluding carboxylic acids is 1. The average molecular weight is 262 g/mol. The van der Waals surface area contributed by atoms with Gasteiger partial charge in [0.15, 0.2) is 0 Å². The van der Waals surface area contributed by atoms with Crippen molar-refractivity contribution < 1.29 is 9.53 Å². The molecule has 0 saturated heterocycles. The van der Waals surface area contributed by atoms with Gasteiger partial charge in [-0.1, -0.05) is 12.2 Å². The topological polar surface area (TPSA) is 26.3 Å². The minimum absolute atomic E-state index is 0.102. The Balaban J connectivity index is 1.48. The molecule has 2 heteroatoms. The summed E-state index contributed by atoms with van der Waals surface area (Å²) < 4.78 is 5.32. The summed E-state index contributed by atoms with van der Waals surface area (Å²) in [6, 6.07) is 0. The summed E-state index contributed by atoms with van der Waals surface area (Å²) >= 11 is 0. The van der Waals surface area contributed by atoms with Gasteiger partial charge in [-0.3, -0.25) is 4.79 Å². The van der Waals surface area contributed by atoms with E-state index in [-0.39, 0.29) is 11.6 Å². The maximum absolute atomic E-state index is 11.6. The Morgan fingerprint density at radius 3 is 2.11 bits per heavy atom. The summed E-state index contributed by atoms with van der Waals surface area (Å²) in [4.78, 5) is 11.6. The molecule has 4 aliphatic rings. The molecule has 0 radical (unpaired) electrons. The highest BCUT2D eigenvalue weighted by Gasteiger charge is 2.60. The van der Waals surface area contributed by atoms with Crippen LogP contribution in [-0.4, -0.2) is 11.6 Å². The molecule has 0 aromatic rings. The minimum Gasteiger partial charge on any atom is -0.460 e. The first-order valence-corrected chi connectivity index (χ1v) is 7.84. The Bertz CT molecular complexity index is 365. The number of esters is 1. The fourth-order valence-corrected chi connectivity index (χ4v) is 4.52. The van der Waals surface area contributed by atoms with Crippen molar-refractivity contribution in [3.8, 4) is 0 Å². The van der Waals surface area contributed by atoms with Crippen LogP contribution in [0.5, 0.6) is 0 Å². The number of rotatable bonds is 3. The van der Waals surface area contributed by atoms with Crippen molar-refractivity contribution in [2.24, 2.45) is 29.6 Å². The summed E-state index contributed by atoms with van der Waals surface area (Å²) in [7, 11) is 0. The van der Waals surface area contributed by atoms with E-state index in [1.54, 1.807) is 0 Å². The highest BCUT2D eigenvalue weighted by atomic mass is 16.6.